The molecule has 5 rings (SSSR count). The molecule has 0 bridgehead atoms. The first-order valence-electron chi connectivity index (χ1n) is 8.79. The van der Waals surface area contributed by atoms with Crippen LogP contribution in [0.15, 0.2) is 4.52 Å². The molecule has 2 atom stereocenters. The Hall–Kier alpha value is -1.96. The van der Waals surface area contributed by atoms with Gasteiger partial charge in [0.2, 0.25) is 5.91 Å². The van der Waals surface area contributed by atoms with Gasteiger partial charge in [0, 0.05) is 12.0 Å². The summed E-state index contributed by atoms with van der Waals surface area (Å²) in [5.41, 5.74) is 0. The average molecular weight is 332 g/mol. The molecule has 8 nitrogen and oxygen atoms in total. The number of amides is 3. The molecule has 128 valence electrons. The summed E-state index contributed by atoms with van der Waals surface area (Å²) < 4.78 is 11.3. The lowest BCUT2D eigenvalue weighted by Crippen LogP contribution is -2.39. The minimum Gasteiger partial charge on any atom is -0.363 e. The Labute approximate surface area is 139 Å². The van der Waals surface area contributed by atoms with Crippen molar-refractivity contribution in [1.82, 2.24) is 19.9 Å². The molecule has 0 unspecified atom stereocenters. The van der Waals surface area contributed by atoms with Crippen LogP contribution in [0.25, 0.3) is 0 Å². The normalized spacial score (nSPS) is 30.7. The first-order valence-corrected chi connectivity index (χ1v) is 8.79. The predicted molar refractivity (Wildman–Crippen MR) is 80.0 cm³/mol. The Morgan fingerprint density at radius 2 is 1.92 bits per heavy atom. The first-order chi connectivity index (χ1) is 11.7. The molecule has 24 heavy (non-hydrogen) atoms. The number of rotatable bonds is 5. The zero-order chi connectivity index (χ0) is 16.3. The van der Waals surface area contributed by atoms with Crippen LogP contribution in [-0.2, 0) is 9.53 Å². The number of ether oxygens (including phenoxy) is 1. The van der Waals surface area contributed by atoms with E-state index in [4.69, 9.17) is 9.26 Å². The van der Waals surface area contributed by atoms with Crippen LogP contribution >= 0.6 is 0 Å². The Balaban J connectivity index is 1.21. The fourth-order valence-corrected chi connectivity index (χ4v) is 3.52. The van der Waals surface area contributed by atoms with Gasteiger partial charge in [0.05, 0.1) is 12.6 Å². The van der Waals surface area contributed by atoms with Gasteiger partial charge in [-0.2, -0.15) is 4.98 Å². The number of nitrogens with zero attached hydrogens (tertiary/aromatic N) is 4. The maximum atomic E-state index is 12.4. The highest BCUT2D eigenvalue weighted by Crippen LogP contribution is 2.40. The van der Waals surface area contributed by atoms with E-state index in [2.05, 4.69) is 10.1 Å². The van der Waals surface area contributed by atoms with Gasteiger partial charge in [-0.15, -0.1) is 0 Å². The van der Waals surface area contributed by atoms with Crippen molar-refractivity contribution in [3.8, 4) is 0 Å². The molecule has 2 saturated carbocycles. The van der Waals surface area contributed by atoms with Crippen molar-refractivity contribution in [2.75, 3.05) is 13.1 Å². The van der Waals surface area contributed by atoms with Crippen LogP contribution in [0, 0.1) is 0 Å². The Morgan fingerprint density at radius 1 is 1.08 bits per heavy atom. The van der Waals surface area contributed by atoms with Crippen LogP contribution in [0.4, 0.5) is 4.79 Å². The molecule has 8 heteroatoms. The van der Waals surface area contributed by atoms with Crippen molar-refractivity contribution in [1.29, 1.82) is 0 Å². The van der Waals surface area contributed by atoms with Crippen molar-refractivity contribution in [2.45, 2.75) is 62.7 Å². The maximum absolute atomic E-state index is 12.4. The summed E-state index contributed by atoms with van der Waals surface area (Å²) in [5, 5.41) is 4.02. The molecule has 0 N–H and O–H groups in total. The van der Waals surface area contributed by atoms with E-state index >= 15 is 0 Å². The fraction of sp³-hybridized carbons (Fsp3) is 0.750. The van der Waals surface area contributed by atoms with Crippen LogP contribution in [0.1, 0.15) is 62.3 Å². The summed E-state index contributed by atoms with van der Waals surface area (Å²) >= 11 is 0. The lowest BCUT2D eigenvalue weighted by Gasteiger charge is -2.19. The molecule has 4 fully saturated rings. The molecule has 1 aromatic heterocycles. The maximum Gasteiger partial charge on any atom is 0.327 e. The van der Waals surface area contributed by atoms with Crippen molar-refractivity contribution in [3.63, 3.8) is 0 Å². The monoisotopic (exact) mass is 332 g/mol. The minimum absolute atomic E-state index is 0.118. The van der Waals surface area contributed by atoms with Crippen LogP contribution in [-0.4, -0.2) is 57.1 Å². The van der Waals surface area contributed by atoms with Crippen LogP contribution in [0.5, 0.6) is 0 Å². The second-order valence-corrected chi connectivity index (χ2v) is 7.24. The van der Waals surface area contributed by atoms with Crippen LogP contribution in [0.3, 0.4) is 0 Å². The van der Waals surface area contributed by atoms with Gasteiger partial charge in [-0.3, -0.25) is 9.69 Å². The second kappa shape index (κ2) is 5.27. The zero-order valence-corrected chi connectivity index (χ0v) is 13.4. The number of hydrogen-bond acceptors (Lipinski definition) is 6. The molecule has 2 saturated heterocycles. The highest BCUT2D eigenvalue weighted by molar-refractivity contribution is 6.02. The minimum atomic E-state index is -0.220. The summed E-state index contributed by atoms with van der Waals surface area (Å²) in [5.74, 6) is 1.64. The number of carbonyl (C=O) groups excluding carboxylic acids is 2. The molecular weight excluding hydrogens is 312 g/mol. The number of imide groups is 1. The van der Waals surface area contributed by atoms with Gasteiger partial charge in [0.25, 0.3) is 5.89 Å². The van der Waals surface area contributed by atoms with E-state index in [1.807, 2.05) is 0 Å². The molecule has 0 spiro atoms. The number of hydrogen-bond donors (Lipinski definition) is 0. The van der Waals surface area contributed by atoms with Gasteiger partial charge in [-0.1, -0.05) is 5.16 Å². The molecule has 0 radical (unpaired) electrons. The molecule has 3 heterocycles. The Morgan fingerprint density at radius 3 is 2.67 bits per heavy atom. The van der Waals surface area contributed by atoms with Crippen LogP contribution in [0.2, 0.25) is 0 Å². The third-order valence-corrected chi connectivity index (χ3v) is 5.24. The first kappa shape index (κ1) is 14.4. The molecular formula is C16H20N4O4. The average Bonchev–Trinajstić information content (AvgIpc) is 3.48. The summed E-state index contributed by atoms with van der Waals surface area (Å²) in [6.07, 6.45) is 5.46. The van der Waals surface area contributed by atoms with Gasteiger partial charge in [0.1, 0.15) is 12.6 Å². The molecule has 2 aliphatic heterocycles. The van der Waals surface area contributed by atoms with E-state index in [-0.39, 0.29) is 36.7 Å². The summed E-state index contributed by atoms with van der Waals surface area (Å²) in [7, 11) is 0. The predicted octanol–water partition coefficient (Wildman–Crippen LogP) is 1.59. The second-order valence-electron chi connectivity index (χ2n) is 7.24. The third kappa shape index (κ3) is 2.49. The van der Waals surface area contributed by atoms with E-state index in [1.165, 1.54) is 4.90 Å². The van der Waals surface area contributed by atoms with Crippen molar-refractivity contribution in [3.05, 3.63) is 11.7 Å². The molecule has 2 aliphatic carbocycles. The highest BCUT2D eigenvalue weighted by atomic mass is 16.5. The van der Waals surface area contributed by atoms with E-state index in [9.17, 15) is 9.59 Å². The molecule has 3 amide bonds. The highest BCUT2D eigenvalue weighted by Gasteiger charge is 2.45. The summed E-state index contributed by atoms with van der Waals surface area (Å²) in [6, 6.07) is 0.103. The van der Waals surface area contributed by atoms with E-state index in [0.29, 0.717) is 18.4 Å². The number of carbonyl (C=O) groups is 2. The zero-order valence-electron chi connectivity index (χ0n) is 13.4. The van der Waals surface area contributed by atoms with Gasteiger partial charge in [-0.05, 0) is 38.5 Å². The van der Waals surface area contributed by atoms with E-state index < -0.39 is 0 Å². The molecule has 4 aliphatic rings. The fourth-order valence-electron chi connectivity index (χ4n) is 3.52. The number of urea groups is 1. The quantitative estimate of drug-likeness (QED) is 0.761. The van der Waals surface area contributed by atoms with E-state index in [0.717, 1.165) is 44.3 Å². The largest absolute Gasteiger partial charge is 0.363 e. The topological polar surface area (TPSA) is 88.8 Å². The van der Waals surface area contributed by atoms with Crippen molar-refractivity contribution < 1.29 is 18.8 Å². The summed E-state index contributed by atoms with van der Waals surface area (Å²) in [6.45, 7) is 0.537. The van der Waals surface area contributed by atoms with Gasteiger partial charge >= 0.3 is 6.03 Å². The van der Waals surface area contributed by atoms with Crippen LogP contribution < -0.4 is 0 Å². The smallest absolute Gasteiger partial charge is 0.327 e. The number of aromatic nitrogens is 2. The SMILES string of the molecule is O=C1CN(C2CC2)C(=O)N1C[C@H]1CC[C@@H](c2nc(C3CC3)no2)O1. The Bertz CT molecular complexity index is 681. The third-order valence-electron chi connectivity index (χ3n) is 5.24. The lowest BCUT2D eigenvalue weighted by atomic mass is 10.2. The standard InChI is InChI=1S/C16H20N4O4/c21-13-8-19(10-3-4-10)16(22)20(13)7-11-5-6-12(23-11)15-17-14(18-24-15)9-1-2-9/h9-12H,1-8H2/t11-,12+/m1/s1. The van der Waals surface area contributed by atoms with Gasteiger partial charge in [-0.25, -0.2) is 4.79 Å². The molecule has 0 aromatic carbocycles. The van der Waals surface area contributed by atoms with E-state index in [1.54, 1.807) is 4.90 Å². The molecule has 1 aromatic rings. The lowest BCUT2D eigenvalue weighted by molar-refractivity contribution is -0.126. The summed E-state index contributed by atoms with van der Waals surface area (Å²) in [4.78, 5) is 31.9. The van der Waals surface area contributed by atoms with Crippen molar-refractivity contribution >= 4 is 11.9 Å². The Kier molecular flexibility index (Phi) is 3.16. The van der Waals surface area contributed by atoms with Crippen molar-refractivity contribution in [2.24, 2.45) is 0 Å². The van der Waals surface area contributed by atoms with Gasteiger partial charge in [0.15, 0.2) is 5.82 Å². The van der Waals surface area contributed by atoms with Gasteiger partial charge < -0.3 is 14.2 Å².